The number of hydrogen-bond acceptors (Lipinski definition) is 5. The van der Waals surface area contributed by atoms with Crippen LogP contribution in [0.4, 0.5) is 9.18 Å². The number of benzene rings is 2. The van der Waals surface area contributed by atoms with Crippen molar-refractivity contribution in [2.45, 2.75) is 18.5 Å². The zero-order valence-corrected chi connectivity index (χ0v) is 17.0. The number of thioether (sulfide) groups is 1. The van der Waals surface area contributed by atoms with E-state index in [1.807, 2.05) is 0 Å². The largest absolute Gasteiger partial charge is 0.329 e. The molecule has 3 aromatic rings. The Labute approximate surface area is 175 Å². The van der Waals surface area contributed by atoms with E-state index in [0.717, 1.165) is 0 Å². The molecule has 1 aromatic heterocycles. The molecule has 1 N–H and O–H groups in total. The van der Waals surface area contributed by atoms with E-state index in [4.69, 9.17) is 0 Å². The van der Waals surface area contributed by atoms with Crippen LogP contribution in [0.15, 0.2) is 52.4 Å². The summed E-state index contributed by atoms with van der Waals surface area (Å²) in [6.45, 7) is 1.97. The number of carbonyl (C=O) groups is 2. The fourth-order valence-corrected chi connectivity index (χ4v) is 4.16. The highest BCUT2D eigenvalue weighted by molar-refractivity contribution is 7.99. The van der Waals surface area contributed by atoms with Crippen LogP contribution in [-0.4, -0.2) is 45.2 Å². The SMILES string of the molecule is Cc1ccc(-n2c(SCCCN3C(=O)CNC3=O)nc3ccccc3c2=O)cc1F. The minimum Gasteiger partial charge on any atom is -0.329 e. The van der Waals surface area contributed by atoms with E-state index < -0.39 is 5.82 Å². The molecular weight excluding hydrogens is 407 g/mol. The predicted molar refractivity (Wildman–Crippen MR) is 112 cm³/mol. The van der Waals surface area contributed by atoms with Gasteiger partial charge < -0.3 is 5.32 Å². The first-order valence-electron chi connectivity index (χ1n) is 9.45. The normalized spacial score (nSPS) is 13.9. The zero-order valence-electron chi connectivity index (χ0n) is 16.2. The molecule has 2 aromatic carbocycles. The molecule has 1 saturated heterocycles. The number of halogens is 1. The third kappa shape index (κ3) is 3.80. The number of para-hydroxylation sites is 1. The van der Waals surface area contributed by atoms with Crippen molar-refractivity contribution in [3.8, 4) is 5.69 Å². The second kappa shape index (κ2) is 8.27. The number of nitrogens with one attached hydrogen (secondary N) is 1. The Morgan fingerprint density at radius 1 is 1.17 bits per heavy atom. The van der Waals surface area contributed by atoms with Crippen molar-refractivity contribution < 1.29 is 14.0 Å². The van der Waals surface area contributed by atoms with Gasteiger partial charge in [0.15, 0.2) is 5.16 Å². The van der Waals surface area contributed by atoms with E-state index in [1.165, 1.54) is 27.3 Å². The molecule has 4 rings (SSSR count). The van der Waals surface area contributed by atoms with Gasteiger partial charge in [-0.15, -0.1) is 0 Å². The van der Waals surface area contributed by atoms with Crippen molar-refractivity contribution in [1.82, 2.24) is 19.8 Å². The Bertz CT molecular complexity index is 1190. The third-order valence-corrected chi connectivity index (χ3v) is 5.88. The molecule has 2 heterocycles. The van der Waals surface area contributed by atoms with Gasteiger partial charge in [-0.1, -0.05) is 30.0 Å². The summed E-state index contributed by atoms with van der Waals surface area (Å²) in [5.41, 5.74) is 1.17. The monoisotopic (exact) mass is 426 g/mol. The smallest absolute Gasteiger partial charge is 0.324 e. The van der Waals surface area contributed by atoms with Crippen LogP contribution >= 0.6 is 11.8 Å². The van der Waals surface area contributed by atoms with Gasteiger partial charge in [0, 0.05) is 12.3 Å². The van der Waals surface area contributed by atoms with Crippen LogP contribution < -0.4 is 10.9 Å². The molecule has 0 bridgehead atoms. The van der Waals surface area contributed by atoms with Crippen molar-refractivity contribution in [3.63, 3.8) is 0 Å². The maximum absolute atomic E-state index is 14.2. The Morgan fingerprint density at radius 2 is 1.97 bits per heavy atom. The number of aromatic nitrogens is 2. The van der Waals surface area contributed by atoms with Gasteiger partial charge in [0.2, 0.25) is 5.91 Å². The maximum atomic E-state index is 14.2. The van der Waals surface area contributed by atoms with Gasteiger partial charge in [-0.25, -0.2) is 14.2 Å². The van der Waals surface area contributed by atoms with Gasteiger partial charge in [0.25, 0.3) is 5.56 Å². The molecule has 3 amide bonds. The standard InChI is InChI=1S/C21H19FN4O3S/c1-13-7-8-14(11-16(13)22)26-19(28)15-5-2-3-6-17(15)24-21(26)30-10-4-9-25-18(27)12-23-20(25)29/h2-3,5-8,11H,4,9-10,12H2,1H3,(H,23,29). The molecule has 1 aliphatic rings. The average Bonchev–Trinajstić information content (AvgIpc) is 3.05. The number of fused-ring (bicyclic) bond motifs is 1. The fraction of sp³-hybridized carbons (Fsp3) is 0.238. The summed E-state index contributed by atoms with van der Waals surface area (Å²) in [6.07, 6.45) is 0.536. The lowest BCUT2D eigenvalue weighted by atomic mass is 10.2. The number of carbonyl (C=O) groups excluding carboxylic acids is 2. The van der Waals surface area contributed by atoms with Crippen molar-refractivity contribution in [2.24, 2.45) is 0 Å². The van der Waals surface area contributed by atoms with Gasteiger partial charge in [-0.2, -0.15) is 0 Å². The van der Waals surface area contributed by atoms with Crippen LogP contribution in [0.3, 0.4) is 0 Å². The van der Waals surface area contributed by atoms with E-state index in [9.17, 15) is 18.8 Å². The molecule has 0 atom stereocenters. The molecular formula is C21H19FN4O3S. The average molecular weight is 426 g/mol. The van der Waals surface area contributed by atoms with E-state index in [0.29, 0.717) is 39.5 Å². The number of urea groups is 1. The molecule has 7 nitrogen and oxygen atoms in total. The minimum atomic E-state index is -0.401. The van der Waals surface area contributed by atoms with Gasteiger partial charge in [0.05, 0.1) is 23.1 Å². The second-order valence-electron chi connectivity index (χ2n) is 6.89. The highest BCUT2D eigenvalue weighted by Gasteiger charge is 2.27. The Kier molecular flexibility index (Phi) is 5.54. The van der Waals surface area contributed by atoms with Crippen molar-refractivity contribution in [3.05, 3.63) is 64.2 Å². The van der Waals surface area contributed by atoms with E-state index in [1.54, 1.807) is 43.3 Å². The summed E-state index contributed by atoms with van der Waals surface area (Å²) in [6, 6.07) is 11.3. The third-order valence-electron chi connectivity index (χ3n) is 4.85. The van der Waals surface area contributed by atoms with Crippen LogP contribution in [-0.2, 0) is 4.79 Å². The summed E-state index contributed by atoms with van der Waals surface area (Å²) >= 11 is 1.33. The Morgan fingerprint density at radius 3 is 2.70 bits per heavy atom. The van der Waals surface area contributed by atoms with Crippen LogP contribution in [0.1, 0.15) is 12.0 Å². The summed E-state index contributed by atoms with van der Waals surface area (Å²) in [5, 5.41) is 3.36. The van der Waals surface area contributed by atoms with Gasteiger partial charge in [-0.3, -0.25) is 19.1 Å². The van der Waals surface area contributed by atoms with Gasteiger partial charge in [-0.05, 0) is 43.2 Å². The highest BCUT2D eigenvalue weighted by Crippen LogP contribution is 2.23. The number of rotatable bonds is 6. The van der Waals surface area contributed by atoms with E-state index >= 15 is 0 Å². The number of aryl methyl sites for hydroxylation is 1. The van der Waals surface area contributed by atoms with Crippen LogP contribution in [0, 0.1) is 12.7 Å². The molecule has 1 aliphatic heterocycles. The highest BCUT2D eigenvalue weighted by atomic mass is 32.2. The maximum Gasteiger partial charge on any atom is 0.324 e. The molecule has 0 saturated carbocycles. The number of imide groups is 1. The molecule has 0 unspecified atom stereocenters. The topological polar surface area (TPSA) is 84.3 Å². The molecule has 0 radical (unpaired) electrons. The Hall–Kier alpha value is -3.20. The second-order valence-corrected chi connectivity index (χ2v) is 7.95. The predicted octanol–water partition coefficient (Wildman–Crippen LogP) is 2.87. The molecule has 1 fully saturated rings. The summed E-state index contributed by atoms with van der Waals surface area (Å²) in [5.74, 6) is -0.126. The lowest BCUT2D eigenvalue weighted by molar-refractivity contribution is -0.124. The first-order chi connectivity index (χ1) is 14.5. The molecule has 9 heteroatoms. The molecule has 30 heavy (non-hydrogen) atoms. The lowest BCUT2D eigenvalue weighted by Gasteiger charge is -2.15. The minimum absolute atomic E-state index is 0.0245. The van der Waals surface area contributed by atoms with Crippen LogP contribution in [0.5, 0.6) is 0 Å². The fourth-order valence-electron chi connectivity index (χ4n) is 3.23. The van der Waals surface area contributed by atoms with Crippen LogP contribution in [0.25, 0.3) is 16.6 Å². The van der Waals surface area contributed by atoms with Gasteiger partial charge >= 0.3 is 6.03 Å². The summed E-state index contributed by atoms with van der Waals surface area (Å²) in [7, 11) is 0. The number of hydrogen-bond donors (Lipinski definition) is 1. The molecule has 0 spiro atoms. The molecule has 154 valence electrons. The first kappa shape index (κ1) is 20.1. The summed E-state index contributed by atoms with van der Waals surface area (Å²) < 4.78 is 15.6. The number of amides is 3. The first-order valence-corrected chi connectivity index (χ1v) is 10.4. The van der Waals surface area contributed by atoms with Crippen molar-refractivity contribution in [2.75, 3.05) is 18.8 Å². The van der Waals surface area contributed by atoms with E-state index in [2.05, 4.69) is 10.3 Å². The Balaban J connectivity index is 1.64. The van der Waals surface area contributed by atoms with Gasteiger partial charge in [0.1, 0.15) is 5.82 Å². The van der Waals surface area contributed by atoms with Crippen LogP contribution in [0.2, 0.25) is 0 Å². The van der Waals surface area contributed by atoms with E-state index in [-0.39, 0.29) is 30.6 Å². The summed E-state index contributed by atoms with van der Waals surface area (Å²) in [4.78, 5) is 42.3. The lowest BCUT2D eigenvalue weighted by Crippen LogP contribution is -2.32. The number of nitrogens with zero attached hydrogens (tertiary/aromatic N) is 3. The molecule has 0 aliphatic carbocycles. The quantitative estimate of drug-likeness (QED) is 0.284. The zero-order chi connectivity index (χ0) is 21.3. The van der Waals surface area contributed by atoms with Crippen molar-refractivity contribution in [1.29, 1.82) is 0 Å². The van der Waals surface area contributed by atoms with Crippen molar-refractivity contribution >= 4 is 34.6 Å².